The van der Waals surface area contributed by atoms with Crippen molar-refractivity contribution in [3.63, 3.8) is 0 Å². The Bertz CT molecular complexity index is 518. The van der Waals surface area contributed by atoms with Crippen LogP contribution in [0.25, 0.3) is 0 Å². The van der Waals surface area contributed by atoms with Crippen molar-refractivity contribution in [2.45, 2.75) is 58.5 Å². The van der Waals surface area contributed by atoms with Gasteiger partial charge in [-0.3, -0.25) is 0 Å². The first-order valence-corrected chi connectivity index (χ1v) is 8.12. The van der Waals surface area contributed by atoms with Gasteiger partial charge in [0.05, 0.1) is 0 Å². The summed E-state index contributed by atoms with van der Waals surface area (Å²) in [6, 6.07) is 0.964. The average Bonchev–Trinajstić information content (AvgIpc) is 3.02. The van der Waals surface area contributed by atoms with Crippen LogP contribution in [0.3, 0.4) is 0 Å². The number of amides is 2. The van der Waals surface area contributed by atoms with E-state index in [1.54, 1.807) is 0 Å². The van der Waals surface area contributed by atoms with Crippen LogP contribution in [0.5, 0.6) is 0 Å². The summed E-state index contributed by atoms with van der Waals surface area (Å²) in [5.41, 5.74) is 1.28. The van der Waals surface area contributed by atoms with Gasteiger partial charge in [0.2, 0.25) is 0 Å². The summed E-state index contributed by atoms with van der Waals surface area (Å²) in [7, 11) is 0. The Morgan fingerprint density at radius 2 is 2.19 bits per heavy atom. The van der Waals surface area contributed by atoms with Gasteiger partial charge in [-0.25, -0.2) is 9.78 Å². The number of carbonyl (C=O) groups is 1. The van der Waals surface area contributed by atoms with Gasteiger partial charge in [0.15, 0.2) is 0 Å². The van der Waals surface area contributed by atoms with E-state index < -0.39 is 0 Å². The number of likely N-dealkylation sites (tertiary alicyclic amines) is 1. The lowest BCUT2D eigenvalue weighted by atomic mass is 10.0. The van der Waals surface area contributed by atoms with Crippen LogP contribution in [0, 0.1) is 12.8 Å². The van der Waals surface area contributed by atoms with Crippen LogP contribution < -0.4 is 5.32 Å². The molecule has 1 unspecified atom stereocenters. The topological polar surface area (TPSA) is 50.2 Å². The van der Waals surface area contributed by atoms with E-state index in [9.17, 15) is 4.79 Å². The van der Waals surface area contributed by atoms with Gasteiger partial charge in [0, 0.05) is 43.5 Å². The van der Waals surface area contributed by atoms with E-state index in [4.69, 9.17) is 0 Å². The van der Waals surface area contributed by atoms with Crippen molar-refractivity contribution in [3.05, 3.63) is 17.7 Å². The highest BCUT2D eigenvalue weighted by molar-refractivity contribution is 5.74. The van der Waals surface area contributed by atoms with Gasteiger partial charge >= 0.3 is 6.03 Å². The van der Waals surface area contributed by atoms with Crippen LogP contribution in [-0.2, 0) is 6.42 Å². The molecule has 1 aromatic heterocycles. The van der Waals surface area contributed by atoms with Gasteiger partial charge in [0.1, 0.15) is 5.82 Å². The normalized spacial score (nSPS) is 22.1. The number of nitrogens with one attached hydrogen (secondary N) is 1. The number of rotatable bonds is 4. The predicted molar refractivity (Wildman–Crippen MR) is 82.3 cm³/mol. The molecule has 5 nitrogen and oxygen atoms in total. The summed E-state index contributed by atoms with van der Waals surface area (Å²) >= 11 is 0. The summed E-state index contributed by atoms with van der Waals surface area (Å²) in [6.45, 7) is 7.87. The van der Waals surface area contributed by atoms with Gasteiger partial charge in [-0.1, -0.05) is 0 Å². The molecule has 0 spiro atoms. The minimum absolute atomic E-state index is 0.0780. The first-order chi connectivity index (χ1) is 10.0. The Morgan fingerprint density at radius 3 is 2.86 bits per heavy atom. The molecule has 21 heavy (non-hydrogen) atoms. The predicted octanol–water partition coefficient (Wildman–Crippen LogP) is 2.51. The zero-order chi connectivity index (χ0) is 15.0. The smallest absolute Gasteiger partial charge is 0.317 e. The number of imidazole rings is 1. The van der Waals surface area contributed by atoms with Crippen molar-refractivity contribution >= 4 is 6.03 Å². The van der Waals surface area contributed by atoms with E-state index >= 15 is 0 Å². The number of carbonyl (C=O) groups excluding carboxylic acids is 1. The SMILES string of the molecule is Cc1cnc(CC2CCN(C(=O)NC(C)C)C2)n1C1CC1. The van der Waals surface area contributed by atoms with Crippen LogP contribution in [-0.4, -0.2) is 39.6 Å². The standard InChI is InChI=1S/C16H26N4O/c1-11(2)18-16(21)19-7-6-13(10-19)8-15-17-9-12(3)20(15)14-4-5-14/h9,11,13-14H,4-8,10H2,1-3H3,(H,18,21). The molecular formula is C16H26N4O. The first-order valence-electron chi connectivity index (χ1n) is 8.12. The van der Waals surface area contributed by atoms with Crippen molar-refractivity contribution in [1.29, 1.82) is 0 Å². The minimum Gasteiger partial charge on any atom is -0.336 e. The summed E-state index contributed by atoms with van der Waals surface area (Å²) in [4.78, 5) is 18.6. The Labute approximate surface area is 126 Å². The average molecular weight is 290 g/mol. The summed E-state index contributed by atoms with van der Waals surface area (Å²) in [6.07, 6.45) is 6.65. The Balaban J connectivity index is 1.59. The number of hydrogen-bond acceptors (Lipinski definition) is 2. The molecule has 1 saturated carbocycles. The van der Waals surface area contributed by atoms with Crippen molar-refractivity contribution in [1.82, 2.24) is 19.8 Å². The quantitative estimate of drug-likeness (QED) is 0.926. The highest BCUT2D eigenvalue weighted by atomic mass is 16.2. The second-order valence-corrected chi connectivity index (χ2v) is 6.83. The van der Waals surface area contributed by atoms with Crippen LogP contribution in [0.15, 0.2) is 6.20 Å². The maximum absolute atomic E-state index is 12.0. The lowest BCUT2D eigenvalue weighted by Crippen LogP contribution is -2.41. The third-order valence-electron chi connectivity index (χ3n) is 4.43. The van der Waals surface area contributed by atoms with Crippen LogP contribution in [0.1, 0.15) is 50.7 Å². The summed E-state index contributed by atoms with van der Waals surface area (Å²) in [5.74, 6) is 1.76. The largest absolute Gasteiger partial charge is 0.336 e. The molecule has 1 aliphatic carbocycles. The third-order valence-corrected chi connectivity index (χ3v) is 4.43. The van der Waals surface area contributed by atoms with Crippen LogP contribution in [0.2, 0.25) is 0 Å². The first kappa shape index (κ1) is 14.4. The fraction of sp³-hybridized carbons (Fsp3) is 0.750. The molecule has 1 aromatic rings. The highest BCUT2D eigenvalue weighted by Gasteiger charge is 2.31. The van der Waals surface area contributed by atoms with Gasteiger partial charge < -0.3 is 14.8 Å². The van der Waals surface area contributed by atoms with E-state index in [1.807, 2.05) is 24.9 Å². The van der Waals surface area contributed by atoms with Crippen LogP contribution >= 0.6 is 0 Å². The second-order valence-electron chi connectivity index (χ2n) is 6.83. The summed E-state index contributed by atoms with van der Waals surface area (Å²) < 4.78 is 2.41. The molecule has 5 heteroatoms. The number of urea groups is 1. The Hall–Kier alpha value is -1.52. The van der Waals surface area contributed by atoms with Gasteiger partial charge in [0.25, 0.3) is 0 Å². The third kappa shape index (κ3) is 3.22. The number of hydrogen-bond donors (Lipinski definition) is 1. The monoisotopic (exact) mass is 290 g/mol. The van der Waals surface area contributed by atoms with E-state index in [0.717, 1.165) is 25.9 Å². The fourth-order valence-corrected chi connectivity index (χ4v) is 3.26. The Kier molecular flexibility index (Phi) is 3.91. The number of aromatic nitrogens is 2. The van der Waals surface area contributed by atoms with E-state index in [2.05, 4.69) is 21.8 Å². The zero-order valence-corrected chi connectivity index (χ0v) is 13.3. The molecule has 1 atom stereocenters. The molecule has 0 bridgehead atoms. The van der Waals surface area contributed by atoms with Crippen LogP contribution in [0.4, 0.5) is 4.79 Å². The molecular weight excluding hydrogens is 264 g/mol. The molecule has 1 saturated heterocycles. The van der Waals surface area contributed by atoms with Gasteiger partial charge in [-0.2, -0.15) is 0 Å². The number of nitrogens with zero attached hydrogens (tertiary/aromatic N) is 3. The fourth-order valence-electron chi connectivity index (χ4n) is 3.26. The van der Waals surface area contributed by atoms with E-state index in [0.29, 0.717) is 12.0 Å². The molecule has 116 valence electrons. The molecule has 2 heterocycles. The van der Waals surface area contributed by atoms with E-state index in [1.165, 1.54) is 24.4 Å². The minimum atomic E-state index is 0.0780. The zero-order valence-electron chi connectivity index (χ0n) is 13.3. The van der Waals surface area contributed by atoms with Crippen molar-refractivity contribution < 1.29 is 4.79 Å². The lowest BCUT2D eigenvalue weighted by molar-refractivity contribution is 0.204. The van der Waals surface area contributed by atoms with Gasteiger partial charge in [-0.15, -0.1) is 0 Å². The maximum atomic E-state index is 12.0. The second kappa shape index (κ2) is 5.70. The van der Waals surface area contributed by atoms with Crippen molar-refractivity contribution in [2.24, 2.45) is 5.92 Å². The molecule has 2 aliphatic rings. The van der Waals surface area contributed by atoms with Crippen molar-refractivity contribution in [3.8, 4) is 0 Å². The molecule has 1 aliphatic heterocycles. The lowest BCUT2D eigenvalue weighted by Gasteiger charge is -2.19. The molecule has 1 N–H and O–H groups in total. The molecule has 3 rings (SSSR count). The molecule has 2 amide bonds. The Morgan fingerprint density at radius 1 is 1.43 bits per heavy atom. The van der Waals surface area contributed by atoms with Crippen molar-refractivity contribution in [2.75, 3.05) is 13.1 Å². The van der Waals surface area contributed by atoms with Gasteiger partial charge in [-0.05, 0) is 46.0 Å². The highest BCUT2D eigenvalue weighted by Crippen LogP contribution is 2.37. The maximum Gasteiger partial charge on any atom is 0.317 e. The molecule has 0 radical (unpaired) electrons. The molecule has 0 aromatic carbocycles. The molecule has 2 fully saturated rings. The number of aryl methyl sites for hydroxylation is 1. The van der Waals surface area contributed by atoms with E-state index in [-0.39, 0.29) is 12.1 Å². The summed E-state index contributed by atoms with van der Waals surface area (Å²) in [5, 5.41) is 2.98.